The number of ether oxygens (including phenoxy) is 1. The topological polar surface area (TPSA) is 57.9 Å². The first-order chi connectivity index (χ1) is 10.8. The van der Waals surface area contributed by atoms with Gasteiger partial charge in [-0.05, 0) is 18.2 Å². The monoisotopic (exact) mass is 327 g/mol. The van der Waals surface area contributed by atoms with Crippen molar-refractivity contribution in [3.05, 3.63) is 62.7 Å². The molecular weight excluding hydrogens is 314 g/mol. The number of aromatic nitrogens is 1. The molecule has 0 bridgehead atoms. The molecule has 6 heteroatoms. The van der Waals surface area contributed by atoms with Crippen LogP contribution >= 0.6 is 22.7 Å². The Bertz CT molecular complexity index is 775. The van der Waals surface area contributed by atoms with Gasteiger partial charge in [-0.2, -0.15) is 5.26 Å². The molecule has 2 heterocycles. The van der Waals surface area contributed by atoms with E-state index in [1.54, 1.807) is 28.2 Å². The minimum Gasteiger partial charge on any atom is -0.485 e. The number of anilines is 1. The van der Waals surface area contributed by atoms with Crippen molar-refractivity contribution in [1.29, 1.82) is 5.26 Å². The third-order valence-electron chi connectivity index (χ3n) is 2.98. The van der Waals surface area contributed by atoms with Crippen LogP contribution in [0.25, 0.3) is 0 Å². The fraction of sp³-hybridized carbons (Fsp3) is 0.125. The molecule has 22 heavy (non-hydrogen) atoms. The van der Waals surface area contributed by atoms with Gasteiger partial charge in [0.25, 0.3) is 0 Å². The maximum absolute atomic E-state index is 8.85. The smallest absolute Gasteiger partial charge is 0.142 e. The van der Waals surface area contributed by atoms with Gasteiger partial charge in [-0.1, -0.05) is 12.1 Å². The molecule has 0 spiro atoms. The molecule has 2 aromatic heterocycles. The lowest BCUT2D eigenvalue weighted by molar-refractivity contribution is 0.303. The van der Waals surface area contributed by atoms with E-state index in [1.165, 1.54) is 0 Å². The number of hydrogen-bond acceptors (Lipinski definition) is 6. The lowest BCUT2D eigenvalue weighted by Gasteiger charge is -2.12. The second-order valence-electron chi connectivity index (χ2n) is 4.53. The second kappa shape index (κ2) is 7.07. The summed E-state index contributed by atoms with van der Waals surface area (Å²) in [6, 6.07) is 11.9. The van der Waals surface area contributed by atoms with Crippen LogP contribution in [0.5, 0.6) is 5.75 Å². The van der Waals surface area contributed by atoms with Crippen molar-refractivity contribution in [2.24, 2.45) is 0 Å². The molecule has 3 rings (SSSR count). The summed E-state index contributed by atoms with van der Waals surface area (Å²) in [6.07, 6.45) is 0. The van der Waals surface area contributed by atoms with Crippen molar-refractivity contribution in [3.63, 3.8) is 0 Å². The quantitative estimate of drug-likeness (QED) is 0.734. The first-order valence-electron chi connectivity index (χ1n) is 6.65. The van der Waals surface area contributed by atoms with E-state index in [0.717, 1.165) is 22.0 Å². The molecule has 3 aromatic rings. The van der Waals surface area contributed by atoms with Crippen LogP contribution in [-0.4, -0.2) is 4.98 Å². The minimum atomic E-state index is 0.458. The van der Waals surface area contributed by atoms with Gasteiger partial charge in [-0.15, -0.1) is 22.7 Å². The average Bonchev–Trinajstić information content (AvgIpc) is 3.23. The molecule has 0 amide bonds. The highest BCUT2D eigenvalue weighted by Crippen LogP contribution is 2.26. The molecule has 0 atom stereocenters. The maximum atomic E-state index is 8.85. The number of nitriles is 1. The predicted molar refractivity (Wildman–Crippen MR) is 89.2 cm³/mol. The molecule has 0 aliphatic rings. The van der Waals surface area contributed by atoms with Crippen LogP contribution < -0.4 is 10.1 Å². The average molecular weight is 327 g/mol. The van der Waals surface area contributed by atoms with Crippen molar-refractivity contribution in [3.8, 4) is 11.8 Å². The van der Waals surface area contributed by atoms with Gasteiger partial charge in [0.2, 0.25) is 0 Å². The molecule has 1 aromatic carbocycles. The first-order valence-corrected chi connectivity index (χ1v) is 8.47. The number of nitrogens with one attached hydrogen (secondary N) is 1. The molecule has 0 unspecified atom stereocenters. The van der Waals surface area contributed by atoms with Crippen molar-refractivity contribution in [2.45, 2.75) is 13.2 Å². The molecule has 1 N–H and O–H groups in total. The molecule has 110 valence electrons. The number of benzene rings is 1. The van der Waals surface area contributed by atoms with E-state index in [-0.39, 0.29) is 0 Å². The SMILES string of the molecule is N#Cc1csc(CNc2ccccc2OCc2cscn2)c1. The summed E-state index contributed by atoms with van der Waals surface area (Å²) < 4.78 is 5.83. The largest absolute Gasteiger partial charge is 0.485 e. The Balaban J connectivity index is 1.64. The van der Waals surface area contributed by atoms with Crippen molar-refractivity contribution in [2.75, 3.05) is 5.32 Å². The lowest BCUT2D eigenvalue weighted by Crippen LogP contribution is -2.02. The lowest BCUT2D eigenvalue weighted by atomic mass is 10.3. The Morgan fingerprint density at radius 2 is 2.18 bits per heavy atom. The first kappa shape index (κ1) is 14.6. The van der Waals surface area contributed by atoms with Gasteiger partial charge in [0, 0.05) is 22.2 Å². The van der Waals surface area contributed by atoms with Crippen molar-refractivity contribution >= 4 is 28.4 Å². The van der Waals surface area contributed by atoms with Gasteiger partial charge in [0.05, 0.1) is 22.5 Å². The molecular formula is C16H13N3OS2. The number of thiophene rings is 1. The van der Waals surface area contributed by atoms with Crippen LogP contribution in [0.1, 0.15) is 16.1 Å². The summed E-state index contributed by atoms with van der Waals surface area (Å²) in [6.45, 7) is 1.13. The van der Waals surface area contributed by atoms with Crippen LogP contribution in [0, 0.1) is 11.3 Å². The van der Waals surface area contributed by atoms with Crippen LogP contribution in [-0.2, 0) is 13.2 Å². The highest BCUT2D eigenvalue weighted by molar-refractivity contribution is 7.10. The normalized spacial score (nSPS) is 10.1. The summed E-state index contributed by atoms with van der Waals surface area (Å²) in [5.74, 6) is 0.799. The highest BCUT2D eigenvalue weighted by Gasteiger charge is 2.05. The molecule has 0 radical (unpaired) electrons. The summed E-state index contributed by atoms with van der Waals surface area (Å²) in [5.41, 5.74) is 4.36. The third-order valence-corrected chi connectivity index (χ3v) is 4.55. The molecule has 0 saturated heterocycles. The Morgan fingerprint density at radius 1 is 1.27 bits per heavy atom. The van der Waals surface area contributed by atoms with Crippen LogP contribution in [0.4, 0.5) is 5.69 Å². The number of para-hydroxylation sites is 2. The van der Waals surface area contributed by atoms with Crippen LogP contribution in [0.15, 0.2) is 46.6 Å². The van der Waals surface area contributed by atoms with Crippen molar-refractivity contribution in [1.82, 2.24) is 4.98 Å². The highest BCUT2D eigenvalue weighted by atomic mass is 32.1. The molecule has 0 aliphatic heterocycles. The van der Waals surface area contributed by atoms with Crippen LogP contribution in [0.3, 0.4) is 0 Å². The zero-order valence-electron chi connectivity index (χ0n) is 11.7. The maximum Gasteiger partial charge on any atom is 0.142 e. The van der Waals surface area contributed by atoms with E-state index >= 15 is 0 Å². The second-order valence-corrected chi connectivity index (χ2v) is 6.25. The van der Waals surface area contributed by atoms with Gasteiger partial charge in [-0.25, -0.2) is 4.98 Å². The van der Waals surface area contributed by atoms with Crippen molar-refractivity contribution < 1.29 is 4.74 Å². The third kappa shape index (κ3) is 3.64. The van der Waals surface area contributed by atoms with Gasteiger partial charge >= 0.3 is 0 Å². The number of nitrogens with zero attached hydrogens (tertiary/aromatic N) is 2. The van der Waals surface area contributed by atoms with E-state index < -0.39 is 0 Å². The molecule has 4 nitrogen and oxygen atoms in total. The molecule has 0 aliphatic carbocycles. The fourth-order valence-corrected chi connectivity index (χ4v) is 3.21. The Hall–Kier alpha value is -2.36. The predicted octanol–water partition coefficient (Wildman–Crippen LogP) is 4.27. The Kier molecular flexibility index (Phi) is 4.68. The molecule has 0 fully saturated rings. The Morgan fingerprint density at radius 3 is 2.95 bits per heavy atom. The summed E-state index contributed by atoms with van der Waals surface area (Å²) >= 11 is 3.14. The fourth-order valence-electron chi connectivity index (χ4n) is 1.91. The Labute approximate surface area is 136 Å². The summed E-state index contributed by atoms with van der Waals surface area (Å²) in [7, 11) is 0. The zero-order valence-corrected chi connectivity index (χ0v) is 13.3. The summed E-state index contributed by atoms with van der Waals surface area (Å²) in [5, 5.41) is 16.0. The summed E-state index contributed by atoms with van der Waals surface area (Å²) in [4.78, 5) is 5.33. The standard InChI is InChI=1S/C16H13N3OS2/c17-6-12-5-14(22-9-12)7-18-15-3-1-2-4-16(15)20-8-13-10-21-11-19-13/h1-5,9-11,18H,7-8H2. The van der Waals surface area contributed by atoms with Gasteiger partial charge in [0.1, 0.15) is 18.4 Å². The van der Waals surface area contributed by atoms with E-state index in [4.69, 9.17) is 10.00 Å². The van der Waals surface area contributed by atoms with E-state index in [1.807, 2.05) is 41.1 Å². The van der Waals surface area contributed by atoms with Gasteiger partial charge < -0.3 is 10.1 Å². The zero-order chi connectivity index (χ0) is 15.2. The van der Waals surface area contributed by atoms with Gasteiger partial charge in [0.15, 0.2) is 0 Å². The number of rotatable bonds is 6. The van der Waals surface area contributed by atoms with E-state index in [9.17, 15) is 0 Å². The van der Waals surface area contributed by atoms with E-state index in [0.29, 0.717) is 18.7 Å². The van der Waals surface area contributed by atoms with Gasteiger partial charge in [-0.3, -0.25) is 0 Å². The number of hydrogen-bond donors (Lipinski definition) is 1. The number of thiazole rings is 1. The minimum absolute atomic E-state index is 0.458. The molecule has 0 saturated carbocycles. The van der Waals surface area contributed by atoms with E-state index in [2.05, 4.69) is 16.4 Å². The van der Waals surface area contributed by atoms with Crippen LogP contribution in [0.2, 0.25) is 0 Å².